The first-order chi connectivity index (χ1) is 16.2. The second kappa shape index (κ2) is 7.99. The first kappa shape index (κ1) is 22.2. The Balaban J connectivity index is 1.71. The van der Waals surface area contributed by atoms with E-state index in [-0.39, 0.29) is 28.4 Å². The number of ether oxygens (including phenoxy) is 1. The number of para-hydroxylation sites is 1. The lowest BCUT2D eigenvalue weighted by molar-refractivity contribution is -0.184. The van der Waals surface area contributed by atoms with Gasteiger partial charge in [-0.1, -0.05) is 41.9 Å². The number of anilines is 1. The highest BCUT2D eigenvalue weighted by molar-refractivity contribution is 6.30. The first-order valence-electron chi connectivity index (χ1n) is 10.4. The van der Waals surface area contributed by atoms with Crippen LogP contribution in [0.15, 0.2) is 72.9 Å². The molecule has 0 bridgehead atoms. The van der Waals surface area contributed by atoms with E-state index in [0.29, 0.717) is 16.7 Å². The number of halogens is 4. The molecule has 0 radical (unpaired) electrons. The zero-order chi connectivity index (χ0) is 24.1. The molecule has 4 aromatic rings. The summed E-state index contributed by atoms with van der Waals surface area (Å²) in [4.78, 5) is 17.5. The second-order valence-electron chi connectivity index (χ2n) is 8.02. The zero-order valence-corrected chi connectivity index (χ0v) is 18.7. The third-order valence-electron chi connectivity index (χ3n) is 6.11. The van der Waals surface area contributed by atoms with Crippen LogP contribution in [0.25, 0.3) is 10.9 Å². The molecular formula is C25H19ClF3N3O2. The van der Waals surface area contributed by atoms with Gasteiger partial charge in [0.25, 0.3) is 0 Å². The number of aromatic amines is 1. The molecule has 0 saturated heterocycles. The van der Waals surface area contributed by atoms with E-state index in [0.717, 1.165) is 5.56 Å². The van der Waals surface area contributed by atoms with E-state index in [2.05, 4.69) is 10.3 Å². The topological polar surface area (TPSA) is 57.4 Å². The molecule has 0 aliphatic carbocycles. The molecule has 2 amide bonds. The molecule has 5 nitrogen and oxygen atoms in total. The van der Waals surface area contributed by atoms with Gasteiger partial charge in [-0.3, -0.25) is 4.90 Å². The summed E-state index contributed by atoms with van der Waals surface area (Å²) in [6.45, 7) is 0.0618. The van der Waals surface area contributed by atoms with Gasteiger partial charge in [0, 0.05) is 33.2 Å². The minimum atomic E-state index is -4.86. The molecule has 0 unspecified atom stereocenters. The van der Waals surface area contributed by atoms with E-state index in [9.17, 15) is 4.79 Å². The summed E-state index contributed by atoms with van der Waals surface area (Å²) in [6, 6.07) is 17.0. The van der Waals surface area contributed by atoms with Gasteiger partial charge in [-0.25, -0.2) is 4.79 Å². The van der Waals surface area contributed by atoms with Gasteiger partial charge >= 0.3 is 12.2 Å². The van der Waals surface area contributed by atoms with Gasteiger partial charge in [-0.05, 0) is 42.0 Å². The van der Waals surface area contributed by atoms with Crippen LogP contribution >= 0.6 is 11.6 Å². The van der Waals surface area contributed by atoms with E-state index in [4.69, 9.17) is 16.3 Å². The van der Waals surface area contributed by atoms with Crippen molar-refractivity contribution in [1.29, 1.82) is 0 Å². The molecule has 0 fully saturated rings. The highest BCUT2D eigenvalue weighted by Gasteiger charge is 2.62. The number of alkyl halides is 3. The number of hydrogen-bond donors (Lipinski definition) is 2. The average molecular weight is 486 g/mol. The van der Waals surface area contributed by atoms with Crippen molar-refractivity contribution in [1.82, 2.24) is 10.3 Å². The Kier molecular flexibility index (Phi) is 5.20. The van der Waals surface area contributed by atoms with Crippen molar-refractivity contribution in [2.75, 3.05) is 12.0 Å². The molecular weight excluding hydrogens is 467 g/mol. The van der Waals surface area contributed by atoms with Gasteiger partial charge in [-0.2, -0.15) is 13.2 Å². The SMILES string of the molecule is COc1ccc(CN2C(=O)N[C@@](c3c[nH]c4ccccc34)(C(F)(F)F)c3cc(Cl)ccc32)cc1. The van der Waals surface area contributed by atoms with Crippen LogP contribution in [-0.2, 0) is 12.1 Å². The number of nitrogens with one attached hydrogen (secondary N) is 2. The lowest BCUT2D eigenvalue weighted by Gasteiger charge is -2.44. The Labute approximate surface area is 198 Å². The average Bonchev–Trinajstić information content (AvgIpc) is 3.25. The molecule has 2 N–H and O–H groups in total. The molecule has 174 valence electrons. The number of rotatable bonds is 4. The number of methoxy groups -OCH3 is 1. The maximum atomic E-state index is 15.0. The van der Waals surface area contributed by atoms with Crippen molar-refractivity contribution in [2.24, 2.45) is 0 Å². The van der Waals surface area contributed by atoms with Crippen molar-refractivity contribution in [3.05, 3.63) is 94.6 Å². The maximum Gasteiger partial charge on any atom is 0.420 e. The molecule has 1 aromatic heterocycles. The second-order valence-corrected chi connectivity index (χ2v) is 8.46. The summed E-state index contributed by atoms with van der Waals surface area (Å²) in [7, 11) is 1.54. The smallest absolute Gasteiger partial charge is 0.420 e. The summed E-state index contributed by atoms with van der Waals surface area (Å²) < 4.78 is 50.2. The Morgan fingerprint density at radius 2 is 1.76 bits per heavy atom. The monoisotopic (exact) mass is 485 g/mol. The fraction of sp³-hybridized carbons (Fsp3) is 0.160. The number of carbonyl (C=O) groups excluding carboxylic acids is 1. The number of H-pyrrole nitrogens is 1. The van der Waals surface area contributed by atoms with Crippen LogP contribution in [0.2, 0.25) is 5.02 Å². The number of fused-ring (bicyclic) bond motifs is 2. The number of carbonyl (C=O) groups is 1. The largest absolute Gasteiger partial charge is 0.497 e. The summed E-state index contributed by atoms with van der Waals surface area (Å²) in [5.74, 6) is 0.634. The molecule has 9 heteroatoms. The standard InChI is InChI=1S/C25H19ClF3N3O2/c1-34-17-9-6-15(7-10-17)14-32-22-11-8-16(26)12-19(22)24(25(27,28)29,31-23(32)33)20-13-30-21-5-3-2-4-18(20)21/h2-13,30H,14H2,1H3,(H,31,33)/t24-/m0/s1. The third kappa shape index (κ3) is 3.37. The fourth-order valence-electron chi connectivity index (χ4n) is 4.49. The number of amides is 2. The Bertz CT molecular complexity index is 1380. The van der Waals surface area contributed by atoms with Crippen LogP contribution in [0, 0.1) is 0 Å². The van der Waals surface area contributed by atoms with E-state index < -0.39 is 17.7 Å². The zero-order valence-electron chi connectivity index (χ0n) is 17.9. The van der Waals surface area contributed by atoms with Gasteiger partial charge in [0.1, 0.15) is 5.75 Å². The van der Waals surface area contributed by atoms with Gasteiger partial charge in [0.05, 0.1) is 19.3 Å². The molecule has 0 spiro atoms. The first-order valence-corrected chi connectivity index (χ1v) is 10.8. The normalized spacial score (nSPS) is 18.0. The maximum absolute atomic E-state index is 15.0. The minimum Gasteiger partial charge on any atom is -0.497 e. The number of urea groups is 1. The van der Waals surface area contributed by atoms with Crippen LogP contribution in [0.3, 0.4) is 0 Å². The van der Waals surface area contributed by atoms with E-state index in [1.54, 1.807) is 48.5 Å². The molecule has 34 heavy (non-hydrogen) atoms. The summed E-state index contributed by atoms with van der Waals surface area (Å²) >= 11 is 6.19. The fourth-order valence-corrected chi connectivity index (χ4v) is 4.66. The lowest BCUT2D eigenvalue weighted by atomic mass is 9.79. The molecule has 1 aliphatic rings. The number of hydrogen-bond acceptors (Lipinski definition) is 2. The van der Waals surface area contributed by atoms with Gasteiger partial charge in [-0.15, -0.1) is 0 Å². The predicted molar refractivity (Wildman–Crippen MR) is 124 cm³/mol. The Morgan fingerprint density at radius 3 is 2.47 bits per heavy atom. The number of benzene rings is 3. The van der Waals surface area contributed by atoms with Crippen LogP contribution in [0.1, 0.15) is 16.7 Å². The molecule has 2 heterocycles. The summed E-state index contributed by atoms with van der Waals surface area (Å²) in [5.41, 5.74) is -1.66. The molecule has 1 atom stereocenters. The van der Waals surface area contributed by atoms with Crippen LogP contribution < -0.4 is 15.0 Å². The Hall–Kier alpha value is -3.65. The van der Waals surface area contributed by atoms with Crippen LogP contribution in [0.4, 0.5) is 23.7 Å². The van der Waals surface area contributed by atoms with Gasteiger partial charge in [0.2, 0.25) is 0 Å². The molecule has 0 saturated carbocycles. The summed E-state index contributed by atoms with van der Waals surface area (Å²) in [5, 5.41) is 2.79. The number of nitrogens with zero attached hydrogens (tertiary/aromatic N) is 1. The summed E-state index contributed by atoms with van der Waals surface area (Å²) in [6.07, 6.45) is -3.57. The van der Waals surface area contributed by atoms with Gasteiger partial charge < -0.3 is 15.0 Å². The highest BCUT2D eigenvalue weighted by atomic mass is 35.5. The number of aromatic nitrogens is 1. The minimum absolute atomic E-state index is 0.0618. The lowest BCUT2D eigenvalue weighted by Crippen LogP contribution is -2.63. The molecule has 1 aliphatic heterocycles. The van der Waals surface area contributed by atoms with Crippen molar-refractivity contribution in [2.45, 2.75) is 18.3 Å². The molecule has 5 rings (SSSR count). The van der Waals surface area contributed by atoms with Crippen molar-refractivity contribution >= 4 is 34.2 Å². The van der Waals surface area contributed by atoms with Crippen molar-refractivity contribution in [3.8, 4) is 5.75 Å². The van der Waals surface area contributed by atoms with Crippen LogP contribution in [-0.4, -0.2) is 24.3 Å². The predicted octanol–water partition coefficient (Wildman–Crippen LogP) is 6.37. The van der Waals surface area contributed by atoms with E-state index >= 15 is 13.2 Å². The van der Waals surface area contributed by atoms with E-state index in [1.807, 2.05) is 0 Å². The van der Waals surface area contributed by atoms with Crippen LogP contribution in [0.5, 0.6) is 5.75 Å². The molecule has 3 aromatic carbocycles. The highest BCUT2D eigenvalue weighted by Crippen LogP contribution is 2.52. The quantitative estimate of drug-likeness (QED) is 0.353. The van der Waals surface area contributed by atoms with E-state index in [1.165, 1.54) is 36.4 Å². The van der Waals surface area contributed by atoms with Gasteiger partial charge in [0.15, 0.2) is 5.54 Å². The van der Waals surface area contributed by atoms with Crippen molar-refractivity contribution < 1.29 is 22.7 Å². The van der Waals surface area contributed by atoms with Crippen molar-refractivity contribution in [3.63, 3.8) is 0 Å². The Morgan fingerprint density at radius 1 is 1.03 bits per heavy atom. The third-order valence-corrected chi connectivity index (χ3v) is 6.35.